The first-order chi connectivity index (χ1) is 13.7. The molecule has 1 aromatic rings. The quantitative estimate of drug-likeness (QED) is 0.259. The summed E-state index contributed by atoms with van der Waals surface area (Å²) in [6.07, 6.45) is -1.59. The third kappa shape index (κ3) is 7.50. The minimum Gasteiger partial charge on any atom is -0.490 e. The van der Waals surface area contributed by atoms with Crippen LogP contribution < -0.4 is 9.47 Å². The summed E-state index contributed by atoms with van der Waals surface area (Å²) in [5.74, 6) is -0.765. The highest BCUT2D eigenvalue weighted by atomic mass is 79.9. The molecule has 0 bridgehead atoms. The van der Waals surface area contributed by atoms with E-state index in [0.29, 0.717) is 25.7 Å². The second-order valence-corrected chi connectivity index (χ2v) is 7.37. The smallest absolute Gasteiger partial charge is 0.490 e. The van der Waals surface area contributed by atoms with E-state index in [1.165, 1.54) is 6.07 Å². The number of benzene rings is 1. The zero-order valence-corrected chi connectivity index (χ0v) is 17.4. The van der Waals surface area contributed by atoms with Crippen LogP contribution in [0.5, 0.6) is 11.5 Å². The first-order valence-electron chi connectivity index (χ1n) is 9.19. The van der Waals surface area contributed by atoms with E-state index in [-0.39, 0.29) is 47.0 Å². The van der Waals surface area contributed by atoms with Gasteiger partial charge in [-0.25, -0.2) is 0 Å². The number of hydrogen-bond acceptors (Lipinski definition) is 6. The van der Waals surface area contributed by atoms with Gasteiger partial charge in [0.1, 0.15) is 18.1 Å². The molecule has 29 heavy (non-hydrogen) atoms. The van der Waals surface area contributed by atoms with Gasteiger partial charge in [0, 0.05) is 0 Å². The summed E-state index contributed by atoms with van der Waals surface area (Å²) in [7, 11) is 0. The second-order valence-electron chi connectivity index (χ2n) is 6.52. The van der Waals surface area contributed by atoms with Crippen molar-refractivity contribution in [3.63, 3.8) is 0 Å². The van der Waals surface area contributed by atoms with Gasteiger partial charge in [-0.2, -0.15) is 0 Å². The first kappa shape index (κ1) is 23.5. The van der Waals surface area contributed by atoms with Crippen LogP contribution in [0.4, 0.5) is 13.2 Å². The van der Waals surface area contributed by atoms with Gasteiger partial charge >= 0.3 is 12.3 Å². The molecule has 0 aromatic heterocycles. The van der Waals surface area contributed by atoms with Crippen LogP contribution in [0.2, 0.25) is 0 Å². The van der Waals surface area contributed by atoms with Gasteiger partial charge in [0.05, 0.1) is 35.3 Å². The molecule has 1 aromatic carbocycles. The predicted octanol–water partition coefficient (Wildman–Crippen LogP) is 4.68. The lowest BCUT2D eigenvalue weighted by atomic mass is 9.82. The molecule has 6 nitrogen and oxygen atoms in total. The normalized spacial score (nSPS) is 18.7. The van der Waals surface area contributed by atoms with Crippen molar-refractivity contribution in [2.24, 2.45) is 5.92 Å². The summed E-state index contributed by atoms with van der Waals surface area (Å²) in [6.45, 7) is 2.75. The van der Waals surface area contributed by atoms with E-state index >= 15 is 0 Å². The number of aldehydes is 1. The number of esters is 1. The number of alkyl halides is 3. The zero-order chi connectivity index (χ0) is 21.4. The molecule has 1 fully saturated rings. The van der Waals surface area contributed by atoms with Gasteiger partial charge in [0.2, 0.25) is 0 Å². The van der Waals surface area contributed by atoms with Crippen molar-refractivity contribution < 1.29 is 41.7 Å². The molecule has 1 aliphatic rings. The number of unbranched alkanes of at least 4 members (excludes halogenated alkanes) is 1. The summed E-state index contributed by atoms with van der Waals surface area (Å²) in [4.78, 5) is 22.9. The Morgan fingerprint density at radius 1 is 1.21 bits per heavy atom. The Hall–Kier alpha value is -1.81. The molecule has 0 unspecified atom stereocenters. The summed E-state index contributed by atoms with van der Waals surface area (Å²) >= 11 is 2.96. The molecule has 0 aliphatic heterocycles. The van der Waals surface area contributed by atoms with Crippen LogP contribution in [0.15, 0.2) is 16.6 Å². The van der Waals surface area contributed by atoms with E-state index in [0.717, 1.165) is 18.9 Å². The first-order valence-corrected chi connectivity index (χ1v) is 9.98. The lowest BCUT2D eigenvalue weighted by Gasteiger charge is -2.33. The Labute approximate surface area is 174 Å². The lowest BCUT2D eigenvalue weighted by molar-refractivity contribution is -0.274. The van der Waals surface area contributed by atoms with E-state index in [4.69, 9.17) is 14.2 Å². The van der Waals surface area contributed by atoms with Gasteiger partial charge in [-0.3, -0.25) is 9.59 Å². The Morgan fingerprint density at radius 3 is 2.55 bits per heavy atom. The fourth-order valence-corrected chi connectivity index (χ4v) is 3.07. The number of ether oxygens (including phenoxy) is 4. The van der Waals surface area contributed by atoms with Crippen LogP contribution in [-0.4, -0.2) is 44.5 Å². The Kier molecular flexibility index (Phi) is 8.76. The number of hydrogen-bond donors (Lipinski definition) is 0. The summed E-state index contributed by atoms with van der Waals surface area (Å²) in [5, 5.41) is 0. The zero-order valence-electron chi connectivity index (χ0n) is 15.8. The third-order valence-corrected chi connectivity index (χ3v) is 4.90. The predicted molar refractivity (Wildman–Crippen MR) is 100 cm³/mol. The Bertz CT molecular complexity index is 704. The molecule has 1 aliphatic carbocycles. The minimum absolute atomic E-state index is 0.000219. The molecule has 0 amide bonds. The van der Waals surface area contributed by atoms with Gasteiger partial charge in [-0.05, 0) is 47.3 Å². The highest BCUT2D eigenvalue weighted by Crippen LogP contribution is 2.35. The molecular formula is C19H22BrF3O6. The Morgan fingerprint density at radius 2 is 1.93 bits per heavy atom. The molecular weight excluding hydrogens is 461 g/mol. The number of carbonyl (C=O) groups is 2. The summed E-state index contributed by atoms with van der Waals surface area (Å²) in [5.41, 5.74) is -0.0778. The van der Waals surface area contributed by atoms with E-state index in [9.17, 15) is 22.8 Å². The monoisotopic (exact) mass is 482 g/mol. The maximum absolute atomic E-state index is 12.4. The number of carbonyl (C=O) groups excluding carboxylic acids is 2. The minimum atomic E-state index is -4.87. The van der Waals surface area contributed by atoms with Crippen LogP contribution >= 0.6 is 15.9 Å². The second kappa shape index (κ2) is 10.8. The largest absolute Gasteiger partial charge is 0.573 e. The fraction of sp³-hybridized carbons (Fsp3) is 0.579. The number of halogens is 4. The van der Waals surface area contributed by atoms with Gasteiger partial charge in [-0.15, -0.1) is 13.2 Å². The van der Waals surface area contributed by atoms with Crippen LogP contribution in [0.1, 0.15) is 43.0 Å². The topological polar surface area (TPSA) is 71.1 Å². The molecule has 0 atom stereocenters. The molecule has 2 rings (SSSR count). The van der Waals surface area contributed by atoms with Crippen molar-refractivity contribution in [3.8, 4) is 11.5 Å². The van der Waals surface area contributed by atoms with E-state index < -0.39 is 12.1 Å². The average molecular weight is 483 g/mol. The van der Waals surface area contributed by atoms with Crippen LogP contribution in [-0.2, 0) is 14.3 Å². The molecule has 0 radical (unpaired) electrons. The third-order valence-electron chi connectivity index (χ3n) is 4.28. The molecule has 0 heterocycles. The van der Waals surface area contributed by atoms with Gasteiger partial charge in [0.25, 0.3) is 0 Å². The van der Waals surface area contributed by atoms with E-state index in [1.807, 2.05) is 6.92 Å². The molecule has 0 spiro atoms. The summed E-state index contributed by atoms with van der Waals surface area (Å²) < 4.78 is 57.1. The highest BCUT2D eigenvalue weighted by Gasteiger charge is 2.36. The van der Waals surface area contributed by atoms with Gasteiger partial charge < -0.3 is 18.9 Å². The van der Waals surface area contributed by atoms with Crippen molar-refractivity contribution >= 4 is 28.2 Å². The average Bonchev–Trinajstić information content (AvgIpc) is 2.60. The molecule has 0 N–H and O–H groups in total. The molecule has 0 saturated heterocycles. The molecule has 10 heteroatoms. The van der Waals surface area contributed by atoms with E-state index in [1.54, 1.807) is 0 Å². The fourth-order valence-electron chi connectivity index (χ4n) is 2.67. The standard InChI is InChI=1S/C19H22BrF3O6/c1-2-3-4-28-18(25)12-7-14(8-12)26-5-6-27-16-10-15(20)17(9-13(16)11-24)29-19(21,22)23/h9-12,14H,2-8H2,1H3. The van der Waals surface area contributed by atoms with Crippen molar-refractivity contribution in [2.45, 2.75) is 45.1 Å². The SMILES string of the molecule is CCCCOC(=O)C1CC(OCCOc2cc(Br)c(OC(F)(F)F)cc2C=O)C1. The maximum atomic E-state index is 12.4. The van der Waals surface area contributed by atoms with Gasteiger partial charge in [-0.1, -0.05) is 13.3 Å². The number of rotatable bonds is 11. The van der Waals surface area contributed by atoms with Crippen molar-refractivity contribution in [3.05, 3.63) is 22.2 Å². The summed E-state index contributed by atoms with van der Waals surface area (Å²) in [6, 6.07) is 2.18. The van der Waals surface area contributed by atoms with Crippen LogP contribution in [0.25, 0.3) is 0 Å². The van der Waals surface area contributed by atoms with Crippen LogP contribution in [0, 0.1) is 5.92 Å². The van der Waals surface area contributed by atoms with Gasteiger partial charge in [0.15, 0.2) is 6.29 Å². The Balaban J connectivity index is 1.74. The van der Waals surface area contributed by atoms with Crippen molar-refractivity contribution in [2.75, 3.05) is 19.8 Å². The highest BCUT2D eigenvalue weighted by molar-refractivity contribution is 9.10. The van der Waals surface area contributed by atoms with Crippen LogP contribution in [0.3, 0.4) is 0 Å². The van der Waals surface area contributed by atoms with Crippen molar-refractivity contribution in [1.29, 1.82) is 0 Å². The molecule has 162 valence electrons. The maximum Gasteiger partial charge on any atom is 0.573 e. The lowest BCUT2D eigenvalue weighted by Crippen LogP contribution is -2.38. The van der Waals surface area contributed by atoms with E-state index in [2.05, 4.69) is 20.7 Å². The van der Waals surface area contributed by atoms with Crippen molar-refractivity contribution in [1.82, 2.24) is 0 Å². The molecule has 1 saturated carbocycles.